The first kappa shape index (κ1) is 15.3. The zero-order valence-electron chi connectivity index (χ0n) is 12.3. The van der Waals surface area contributed by atoms with E-state index in [1.807, 2.05) is 6.07 Å². The fraction of sp³-hybridized carbons (Fsp3) is 0.429. The van der Waals surface area contributed by atoms with Gasteiger partial charge in [-0.3, -0.25) is 0 Å². The second kappa shape index (κ2) is 7.05. The number of hydrogen-bond acceptors (Lipinski definition) is 7. The standard InChI is InChI=1S/C14H19N3O4/c1-18-10(8-15)7-13-16-14(17-21-13)9-4-5-11(19-2)12(6-9)20-3/h4-6,10H,7-8,15H2,1-3H3. The van der Waals surface area contributed by atoms with E-state index in [4.69, 9.17) is 24.5 Å². The Bertz CT molecular complexity index is 581. The van der Waals surface area contributed by atoms with Gasteiger partial charge in [0.1, 0.15) is 0 Å². The van der Waals surface area contributed by atoms with Gasteiger partial charge in [-0.05, 0) is 18.2 Å². The van der Waals surface area contributed by atoms with E-state index >= 15 is 0 Å². The summed E-state index contributed by atoms with van der Waals surface area (Å²) in [7, 11) is 4.76. The van der Waals surface area contributed by atoms with Gasteiger partial charge in [0.25, 0.3) is 0 Å². The average Bonchev–Trinajstić information content (AvgIpc) is 3.00. The average molecular weight is 293 g/mol. The zero-order valence-corrected chi connectivity index (χ0v) is 12.3. The first-order valence-corrected chi connectivity index (χ1v) is 6.49. The Morgan fingerprint density at radius 2 is 1.95 bits per heavy atom. The van der Waals surface area contributed by atoms with Gasteiger partial charge in [-0.15, -0.1) is 0 Å². The molecule has 1 heterocycles. The van der Waals surface area contributed by atoms with Crippen molar-refractivity contribution >= 4 is 0 Å². The number of ether oxygens (including phenoxy) is 3. The molecule has 7 heteroatoms. The summed E-state index contributed by atoms with van der Waals surface area (Å²) in [5.41, 5.74) is 6.36. The van der Waals surface area contributed by atoms with Gasteiger partial charge < -0.3 is 24.5 Å². The van der Waals surface area contributed by atoms with Gasteiger partial charge in [-0.2, -0.15) is 4.98 Å². The summed E-state index contributed by atoms with van der Waals surface area (Å²) in [5, 5.41) is 3.96. The molecule has 0 amide bonds. The lowest BCUT2D eigenvalue weighted by Gasteiger charge is -2.08. The third-order valence-electron chi connectivity index (χ3n) is 3.11. The van der Waals surface area contributed by atoms with Crippen molar-refractivity contribution in [3.63, 3.8) is 0 Å². The Hall–Kier alpha value is -2.12. The maximum Gasteiger partial charge on any atom is 0.229 e. The predicted octanol–water partition coefficient (Wildman–Crippen LogP) is 1.27. The smallest absolute Gasteiger partial charge is 0.229 e. The molecule has 1 atom stereocenters. The maximum absolute atomic E-state index is 5.57. The molecule has 0 aliphatic heterocycles. The highest BCUT2D eigenvalue weighted by molar-refractivity contribution is 5.60. The summed E-state index contributed by atoms with van der Waals surface area (Å²) in [6.45, 7) is 0.393. The lowest BCUT2D eigenvalue weighted by atomic mass is 10.2. The first-order valence-electron chi connectivity index (χ1n) is 6.49. The molecule has 1 unspecified atom stereocenters. The Kier molecular flexibility index (Phi) is 5.13. The van der Waals surface area contributed by atoms with Crippen molar-refractivity contribution in [1.82, 2.24) is 10.1 Å². The Morgan fingerprint density at radius 3 is 2.57 bits per heavy atom. The van der Waals surface area contributed by atoms with E-state index < -0.39 is 0 Å². The summed E-state index contributed by atoms with van der Waals surface area (Å²) in [6.07, 6.45) is 0.344. The van der Waals surface area contributed by atoms with Crippen molar-refractivity contribution < 1.29 is 18.7 Å². The molecule has 0 spiro atoms. The Labute approximate surface area is 123 Å². The molecule has 7 nitrogen and oxygen atoms in total. The number of aromatic nitrogens is 2. The van der Waals surface area contributed by atoms with Gasteiger partial charge in [-0.1, -0.05) is 5.16 Å². The minimum Gasteiger partial charge on any atom is -0.493 e. The van der Waals surface area contributed by atoms with Crippen molar-refractivity contribution in [2.75, 3.05) is 27.9 Å². The molecule has 114 valence electrons. The van der Waals surface area contributed by atoms with Gasteiger partial charge in [0, 0.05) is 19.2 Å². The molecule has 2 rings (SSSR count). The third-order valence-corrected chi connectivity index (χ3v) is 3.11. The van der Waals surface area contributed by atoms with Gasteiger partial charge >= 0.3 is 0 Å². The normalized spacial score (nSPS) is 12.2. The molecular formula is C14H19N3O4. The van der Waals surface area contributed by atoms with Crippen molar-refractivity contribution in [2.45, 2.75) is 12.5 Å². The molecule has 2 aromatic rings. The molecule has 0 saturated heterocycles. The molecule has 0 aliphatic rings. The fourth-order valence-electron chi connectivity index (χ4n) is 1.89. The van der Waals surface area contributed by atoms with Crippen LogP contribution >= 0.6 is 0 Å². The van der Waals surface area contributed by atoms with E-state index in [2.05, 4.69) is 10.1 Å². The topological polar surface area (TPSA) is 92.6 Å². The molecule has 21 heavy (non-hydrogen) atoms. The second-order valence-electron chi connectivity index (χ2n) is 4.38. The number of rotatable bonds is 7. The predicted molar refractivity (Wildman–Crippen MR) is 76.4 cm³/mol. The van der Waals surface area contributed by atoms with Crippen LogP contribution in [0.2, 0.25) is 0 Å². The molecule has 0 aliphatic carbocycles. The van der Waals surface area contributed by atoms with E-state index in [0.717, 1.165) is 5.56 Å². The molecule has 1 aromatic heterocycles. The molecule has 1 aromatic carbocycles. The van der Waals surface area contributed by atoms with Crippen LogP contribution in [0.3, 0.4) is 0 Å². The summed E-state index contributed by atoms with van der Waals surface area (Å²) in [5.74, 6) is 2.22. The van der Waals surface area contributed by atoms with E-state index in [1.54, 1.807) is 33.5 Å². The highest BCUT2D eigenvalue weighted by Gasteiger charge is 2.15. The largest absolute Gasteiger partial charge is 0.493 e. The molecular weight excluding hydrogens is 274 g/mol. The summed E-state index contributed by atoms with van der Waals surface area (Å²) in [6, 6.07) is 5.43. The van der Waals surface area contributed by atoms with Crippen LogP contribution in [-0.2, 0) is 11.2 Å². The second-order valence-corrected chi connectivity index (χ2v) is 4.38. The summed E-state index contributed by atoms with van der Waals surface area (Å²) < 4.78 is 20.9. The highest BCUT2D eigenvalue weighted by Crippen LogP contribution is 2.31. The number of hydrogen-bond donors (Lipinski definition) is 1. The maximum atomic E-state index is 5.57. The zero-order chi connectivity index (χ0) is 15.2. The lowest BCUT2D eigenvalue weighted by molar-refractivity contribution is 0.102. The number of nitrogens with zero attached hydrogens (tertiary/aromatic N) is 2. The van der Waals surface area contributed by atoms with Gasteiger partial charge in [0.15, 0.2) is 11.5 Å². The highest BCUT2D eigenvalue weighted by atomic mass is 16.5. The molecule has 0 fully saturated rings. The summed E-state index contributed by atoms with van der Waals surface area (Å²) in [4.78, 5) is 4.34. The molecule has 2 N–H and O–H groups in total. The van der Waals surface area contributed by atoms with E-state index in [1.165, 1.54) is 0 Å². The van der Waals surface area contributed by atoms with Crippen LogP contribution in [0.4, 0.5) is 0 Å². The SMILES string of the molecule is COc1ccc(-c2noc(CC(CN)OC)n2)cc1OC. The van der Waals surface area contributed by atoms with Crippen LogP contribution in [-0.4, -0.2) is 44.1 Å². The van der Waals surface area contributed by atoms with Crippen LogP contribution in [0, 0.1) is 0 Å². The van der Waals surface area contributed by atoms with Crippen molar-refractivity contribution in [2.24, 2.45) is 5.73 Å². The van der Waals surface area contributed by atoms with Crippen LogP contribution in [0.25, 0.3) is 11.4 Å². The quantitative estimate of drug-likeness (QED) is 0.821. The molecule has 0 radical (unpaired) electrons. The third kappa shape index (κ3) is 3.50. The van der Waals surface area contributed by atoms with Gasteiger partial charge in [-0.25, -0.2) is 0 Å². The van der Waals surface area contributed by atoms with Crippen LogP contribution in [0.5, 0.6) is 11.5 Å². The summed E-state index contributed by atoms with van der Waals surface area (Å²) >= 11 is 0. The number of benzene rings is 1. The minimum atomic E-state index is -0.135. The van der Waals surface area contributed by atoms with Crippen molar-refractivity contribution in [3.05, 3.63) is 24.1 Å². The Morgan fingerprint density at radius 1 is 1.19 bits per heavy atom. The van der Waals surface area contributed by atoms with Crippen LogP contribution in [0.15, 0.2) is 22.7 Å². The lowest BCUT2D eigenvalue weighted by Crippen LogP contribution is -2.24. The fourth-order valence-corrected chi connectivity index (χ4v) is 1.89. The van der Waals surface area contributed by atoms with E-state index in [-0.39, 0.29) is 6.10 Å². The van der Waals surface area contributed by atoms with Crippen molar-refractivity contribution in [1.29, 1.82) is 0 Å². The molecule has 0 bridgehead atoms. The number of nitrogens with two attached hydrogens (primary N) is 1. The molecule has 0 saturated carbocycles. The van der Waals surface area contributed by atoms with E-state index in [0.29, 0.717) is 36.2 Å². The van der Waals surface area contributed by atoms with Gasteiger partial charge in [0.2, 0.25) is 11.7 Å². The first-order chi connectivity index (χ1) is 10.2. The van der Waals surface area contributed by atoms with Crippen molar-refractivity contribution in [3.8, 4) is 22.9 Å². The van der Waals surface area contributed by atoms with E-state index in [9.17, 15) is 0 Å². The number of methoxy groups -OCH3 is 3. The Balaban J connectivity index is 2.21. The monoisotopic (exact) mass is 293 g/mol. The van der Waals surface area contributed by atoms with Crippen LogP contribution < -0.4 is 15.2 Å². The van der Waals surface area contributed by atoms with Gasteiger partial charge in [0.05, 0.1) is 26.7 Å². The van der Waals surface area contributed by atoms with Crippen LogP contribution in [0.1, 0.15) is 5.89 Å². The minimum absolute atomic E-state index is 0.135.